The number of imidazole rings is 1. The summed E-state index contributed by atoms with van der Waals surface area (Å²) in [5.41, 5.74) is 0. The second kappa shape index (κ2) is 10.0. The van der Waals surface area contributed by atoms with Crippen LogP contribution in [-0.2, 0) is 22.7 Å². The lowest BCUT2D eigenvalue weighted by Gasteiger charge is -2.17. The van der Waals surface area contributed by atoms with E-state index in [9.17, 15) is 4.79 Å². The van der Waals surface area contributed by atoms with Crippen molar-refractivity contribution in [1.29, 1.82) is 0 Å². The first-order valence-corrected chi connectivity index (χ1v) is 6.65. The van der Waals surface area contributed by atoms with E-state index in [2.05, 4.69) is 20.5 Å². The minimum atomic E-state index is -0.250. The number of rotatable bonds is 7. The fourth-order valence-corrected chi connectivity index (χ4v) is 1.68. The van der Waals surface area contributed by atoms with Gasteiger partial charge < -0.3 is 14.6 Å². The van der Waals surface area contributed by atoms with E-state index in [4.69, 9.17) is 9.90 Å². The number of carboxylic acid groups (broad SMARTS) is 1. The standard InChI is InChI=1S/C11H17N7O.CH2O2/c1-16(7-8-17-6-4-12-9-17)11(19)3-2-5-18-10-13-14-15-18;2-1-3/h4,6,9-10H,2-3,5,7-8H2,1H3;1H,(H,2,3). The van der Waals surface area contributed by atoms with E-state index in [-0.39, 0.29) is 12.4 Å². The highest BCUT2D eigenvalue weighted by molar-refractivity contribution is 5.75. The van der Waals surface area contributed by atoms with E-state index >= 15 is 0 Å². The number of likely N-dealkylation sites (N-methyl/N-ethyl adjacent to an activating group) is 1. The molecule has 1 amide bonds. The molecule has 0 aliphatic heterocycles. The van der Waals surface area contributed by atoms with Crippen molar-refractivity contribution >= 4 is 12.4 Å². The number of hydrogen-bond donors (Lipinski definition) is 1. The van der Waals surface area contributed by atoms with Crippen LogP contribution < -0.4 is 0 Å². The molecule has 0 aliphatic rings. The SMILES string of the molecule is CN(CCn1ccnc1)C(=O)CCCn1cnnn1.O=CO. The number of hydrogen-bond acceptors (Lipinski definition) is 6. The molecule has 0 aromatic carbocycles. The lowest BCUT2D eigenvalue weighted by Crippen LogP contribution is -2.29. The third-order valence-electron chi connectivity index (χ3n) is 2.85. The van der Waals surface area contributed by atoms with Gasteiger partial charge in [-0.05, 0) is 16.8 Å². The van der Waals surface area contributed by atoms with E-state index < -0.39 is 0 Å². The average molecular weight is 309 g/mol. The summed E-state index contributed by atoms with van der Waals surface area (Å²) in [6.07, 6.45) is 8.15. The van der Waals surface area contributed by atoms with Crippen molar-refractivity contribution in [3.8, 4) is 0 Å². The zero-order chi connectivity index (χ0) is 16.2. The molecule has 0 atom stereocenters. The van der Waals surface area contributed by atoms with Crippen LogP contribution in [0.15, 0.2) is 25.0 Å². The zero-order valence-electron chi connectivity index (χ0n) is 12.3. The third-order valence-corrected chi connectivity index (χ3v) is 2.85. The van der Waals surface area contributed by atoms with Gasteiger partial charge in [-0.1, -0.05) is 0 Å². The number of carbonyl (C=O) groups excluding carboxylic acids is 1. The van der Waals surface area contributed by atoms with Crippen molar-refractivity contribution in [3.05, 3.63) is 25.0 Å². The highest BCUT2D eigenvalue weighted by Gasteiger charge is 2.08. The third kappa shape index (κ3) is 6.59. The van der Waals surface area contributed by atoms with Crippen molar-refractivity contribution in [2.45, 2.75) is 25.9 Å². The molecule has 0 saturated carbocycles. The smallest absolute Gasteiger partial charge is 0.290 e. The number of tetrazole rings is 1. The van der Waals surface area contributed by atoms with Gasteiger partial charge in [0.05, 0.1) is 6.33 Å². The predicted octanol–water partition coefficient (Wildman–Crippen LogP) is -0.491. The minimum Gasteiger partial charge on any atom is -0.483 e. The Kier molecular flexibility index (Phi) is 7.87. The molecule has 2 aromatic rings. The van der Waals surface area contributed by atoms with Crippen molar-refractivity contribution in [2.75, 3.05) is 13.6 Å². The molecular weight excluding hydrogens is 290 g/mol. The Labute approximate surface area is 127 Å². The normalized spacial score (nSPS) is 9.68. The molecule has 0 bridgehead atoms. The van der Waals surface area contributed by atoms with E-state index in [1.165, 1.54) is 0 Å². The number of carbonyl (C=O) groups is 2. The Morgan fingerprint density at radius 1 is 1.36 bits per heavy atom. The Balaban J connectivity index is 0.000000745. The second-order valence-corrected chi connectivity index (χ2v) is 4.40. The summed E-state index contributed by atoms with van der Waals surface area (Å²) in [4.78, 5) is 25.9. The summed E-state index contributed by atoms with van der Waals surface area (Å²) >= 11 is 0. The van der Waals surface area contributed by atoms with Crippen molar-refractivity contribution in [2.24, 2.45) is 0 Å². The van der Waals surface area contributed by atoms with Gasteiger partial charge >= 0.3 is 0 Å². The molecule has 120 valence electrons. The van der Waals surface area contributed by atoms with Crippen molar-refractivity contribution in [3.63, 3.8) is 0 Å². The van der Waals surface area contributed by atoms with Gasteiger partial charge in [-0.2, -0.15) is 0 Å². The highest BCUT2D eigenvalue weighted by atomic mass is 16.3. The molecule has 2 rings (SSSR count). The summed E-state index contributed by atoms with van der Waals surface area (Å²) in [6, 6.07) is 0. The molecule has 2 heterocycles. The Bertz CT molecular complexity index is 527. The predicted molar refractivity (Wildman–Crippen MR) is 75.6 cm³/mol. The van der Waals surface area contributed by atoms with Crippen LogP contribution in [0, 0.1) is 0 Å². The maximum Gasteiger partial charge on any atom is 0.290 e. The van der Waals surface area contributed by atoms with E-state index in [0.717, 1.165) is 13.0 Å². The minimum absolute atomic E-state index is 0.133. The van der Waals surface area contributed by atoms with Gasteiger partial charge in [0.25, 0.3) is 6.47 Å². The summed E-state index contributed by atoms with van der Waals surface area (Å²) in [7, 11) is 1.82. The first-order valence-electron chi connectivity index (χ1n) is 6.65. The lowest BCUT2D eigenvalue weighted by molar-refractivity contribution is -0.130. The molecule has 10 heteroatoms. The fraction of sp³-hybridized carbons (Fsp3) is 0.500. The van der Waals surface area contributed by atoms with Crippen LogP contribution in [0.1, 0.15) is 12.8 Å². The van der Waals surface area contributed by atoms with Crippen LogP contribution >= 0.6 is 0 Å². The van der Waals surface area contributed by atoms with Crippen LogP contribution in [0.4, 0.5) is 0 Å². The molecule has 1 N–H and O–H groups in total. The summed E-state index contributed by atoms with van der Waals surface area (Å²) in [5.74, 6) is 0.133. The molecule has 22 heavy (non-hydrogen) atoms. The first kappa shape index (κ1) is 17.3. The largest absolute Gasteiger partial charge is 0.483 e. The van der Waals surface area contributed by atoms with Gasteiger partial charge in [0, 0.05) is 45.5 Å². The Morgan fingerprint density at radius 3 is 2.73 bits per heavy atom. The lowest BCUT2D eigenvalue weighted by atomic mass is 10.3. The molecule has 0 radical (unpaired) electrons. The summed E-state index contributed by atoms with van der Waals surface area (Å²) in [5, 5.41) is 17.7. The topological polar surface area (TPSA) is 119 Å². The van der Waals surface area contributed by atoms with Gasteiger partial charge in [0.1, 0.15) is 6.33 Å². The van der Waals surface area contributed by atoms with Crippen LogP contribution in [0.25, 0.3) is 0 Å². The van der Waals surface area contributed by atoms with Gasteiger partial charge in [-0.3, -0.25) is 9.59 Å². The second-order valence-electron chi connectivity index (χ2n) is 4.40. The van der Waals surface area contributed by atoms with Gasteiger partial charge in [-0.25, -0.2) is 9.67 Å². The fourth-order valence-electron chi connectivity index (χ4n) is 1.68. The summed E-state index contributed by atoms with van der Waals surface area (Å²) < 4.78 is 3.57. The zero-order valence-corrected chi connectivity index (χ0v) is 12.3. The first-order chi connectivity index (χ1) is 10.7. The number of aryl methyl sites for hydroxylation is 1. The maximum atomic E-state index is 11.9. The molecule has 10 nitrogen and oxygen atoms in total. The number of amides is 1. The van der Waals surface area contributed by atoms with Crippen LogP contribution in [0.3, 0.4) is 0 Å². The quantitative estimate of drug-likeness (QED) is 0.685. The highest BCUT2D eigenvalue weighted by Crippen LogP contribution is 1.98. The van der Waals surface area contributed by atoms with Crippen molar-refractivity contribution in [1.82, 2.24) is 34.7 Å². The molecule has 0 saturated heterocycles. The van der Waals surface area contributed by atoms with E-state index in [1.54, 1.807) is 28.4 Å². The van der Waals surface area contributed by atoms with Crippen LogP contribution in [0.2, 0.25) is 0 Å². The van der Waals surface area contributed by atoms with Crippen LogP contribution in [0.5, 0.6) is 0 Å². The number of aromatic nitrogens is 6. The molecular formula is C12H19N7O3. The van der Waals surface area contributed by atoms with Gasteiger partial charge in [0.2, 0.25) is 5.91 Å². The Hall–Kier alpha value is -2.78. The average Bonchev–Trinajstić information content (AvgIpc) is 3.19. The Morgan fingerprint density at radius 2 is 2.14 bits per heavy atom. The van der Waals surface area contributed by atoms with Crippen molar-refractivity contribution < 1.29 is 14.7 Å². The molecule has 0 spiro atoms. The molecule has 0 unspecified atom stereocenters. The van der Waals surface area contributed by atoms with Gasteiger partial charge in [-0.15, -0.1) is 5.10 Å². The molecule has 0 fully saturated rings. The monoisotopic (exact) mass is 309 g/mol. The summed E-state index contributed by atoms with van der Waals surface area (Å²) in [6.45, 7) is 1.85. The van der Waals surface area contributed by atoms with E-state index in [1.807, 2.05) is 17.8 Å². The maximum absolute atomic E-state index is 11.9. The van der Waals surface area contributed by atoms with Crippen LogP contribution in [-0.4, -0.2) is 65.7 Å². The molecule has 0 aliphatic carbocycles. The number of nitrogens with zero attached hydrogens (tertiary/aromatic N) is 7. The van der Waals surface area contributed by atoms with Gasteiger partial charge in [0.15, 0.2) is 0 Å². The van der Waals surface area contributed by atoms with E-state index in [0.29, 0.717) is 19.5 Å². The molecule has 2 aromatic heterocycles.